The molecule has 0 aromatic carbocycles. The molecular weight excluding hydrogens is 274 g/mol. The summed E-state index contributed by atoms with van der Waals surface area (Å²) in [5, 5.41) is 9.33. The second kappa shape index (κ2) is 5.25. The fourth-order valence-electron chi connectivity index (χ4n) is 1.74. The third kappa shape index (κ3) is 2.59. The fourth-order valence-corrected chi connectivity index (χ4v) is 2.47. The Hall–Kier alpha value is -2.48. The van der Waals surface area contributed by atoms with Crippen LogP contribution < -0.4 is 11.1 Å². The molecule has 102 valence electrons. The Morgan fingerprint density at radius 3 is 2.90 bits per heavy atom. The highest BCUT2D eigenvalue weighted by atomic mass is 32.1. The summed E-state index contributed by atoms with van der Waals surface area (Å²) in [5.74, 6) is 0.985. The quantitative estimate of drug-likeness (QED) is 0.760. The predicted molar refractivity (Wildman–Crippen MR) is 77.7 cm³/mol. The lowest BCUT2D eigenvalue weighted by molar-refractivity contribution is 0.789. The number of hydrogen-bond acceptors (Lipinski definition) is 7. The Morgan fingerprint density at radius 1 is 1.30 bits per heavy atom. The van der Waals surface area contributed by atoms with E-state index in [4.69, 9.17) is 5.73 Å². The Morgan fingerprint density at radius 2 is 2.20 bits per heavy atom. The molecule has 3 aromatic heterocycles. The molecule has 0 radical (unpaired) electrons. The molecule has 3 heterocycles. The topological polar surface area (TPSA) is 94.5 Å². The fraction of sp³-hybridized carbons (Fsp3) is 0.167. The Labute approximate surface area is 119 Å². The molecule has 0 saturated heterocycles. The summed E-state index contributed by atoms with van der Waals surface area (Å²) in [6.07, 6.45) is 3.41. The zero-order chi connectivity index (χ0) is 13.9. The minimum Gasteiger partial charge on any atom is -0.368 e. The van der Waals surface area contributed by atoms with E-state index in [1.807, 2.05) is 18.4 Å². The number of rotatable bonds is 4. The molecule has 0 bridgehead atoms. The molecule has 0 aliphatic carbocycles. The van der Waals surface area contributed by atoms with Gasteiger partial charge in [-0.2, -0.15) is 20.1 Å². The van der Waals surface area contributed by atoms with E-state index < -0.39 is 0 Å². The van der Waals surface area contributed by atoms with Crippen LogP contribution in [0, 0.1) is 0 Å². The average Bonchev–Trinajstić information content (AvgIpc) is 3.12. The number of thiophene rings is 1. The highest BCUT2D eigenvalue weighted by Gasteiger charge is 2.11. The summed E-state index contributed by atoms with van der Waals surface area (Å²) in [5.41, 5.74) is 5.72. The van der Waals surface area contributed by atoms with Gasteiger partial charge in [0.25, 0.3) is 5.95 Å². The average molecular weight is 287 g/mol. The van der Waals surface area contributed by atoms with Crippen LogP contribution in [-0.2, 0) is 0 Å². The molecule has 3 rings (SSSR count). The van der Waals surface area contributed by atoms with E-state index in [9.17, 15) is 0 Å². The van der Waals surface area contributed by atoms with E-state index in [2.05, 4.69) is 31.4 Å². The van der Waals surface area contributed by atoms with Crippen LogP contribution in [0.2, 0.25) is 0 Å². The third-order valence-corrected chi connectivity index (χ3v) is 3.72. The lowest BCUT2D eigenvalue weighted by Crippen LogP contribution is -2.13. The minimum absolute atomic E-state index is 0.0993. The molecule has 3 aromatic rings. The molecule has 0 saturated carbocycles. The van der Waals surface area contributed by atoms with Crippen molar-refractivity contribution in [3.8, 4) is 5.95 Å². The van der Waals surface area contributed by atoms with Crippen LogP contribution in [-0.4, -0.2) is 24.7 Å². The van der Waals surface area contributed by atoms with Crippen molar-refractivity contribution in [1.29, 1.82) is 0 Å². The first-order chi connectivity index (χ1) is 9.72. The summed E-state index contributed by atoms with van der Waals surface area (Å²) >= 11 is 1.67. The maximum Gasteiger partial charge on any atom is 0.257 e. The van der Waals surface area contributed by atoms with E-state index in [1.165, 1.54) is 4.88 Å². The number of nitrogens with one attached hydrogen (secondary N) is 1. The van der Waals surface area contributed by atoms with Gasteiger partial charge in [-0.25, -0.2) is 4.68 Å². The van der Waals surface area contributed by atoms with E-state index in [-0.39, 0.29) is 12.0 Å². The second-order valence-corrected chi connectivity index (χ2v) is 5.13. The standard InChI is InChI=1S/C12H13N7S/c1-8(9-4-2-7-20-9)15-11-16-10(13)17-12(18-11)19-6-3-5-14-19/h2-8H,1H3,(H3,13,15,16,17,18). The zero-order valence-corrected chi connectivity index (χ0v) is 11.6. The number of aromatic nitrogens is 5. The van der Waals surface area contributed by atoms with Gasteiger partial charge in [0.1, 0.15) is 0 Å². The first-order valence-corrected chi connectivity index (χ1v) is 6.92. The predicted octanol–water partition coefficient (Wildman–Crippen LogP) is 1.87. The number of nitrogen functional groups attached to an aromatic ring is 1. The molecule has 0 fully saturated rings. The van der Waals surface area contributed by atoms with E-state index >= 15 is 0 Å². The van der Waals surface area contributed by atoms with Gasteiger partial charge >= 0.3 is 0 Å². The lowest BCUT2D eigenvalue weighted by Gasteiger charge is -2.12. The molecule has 0 aliphatic rings. The maximum absolute atomic E-state index is 5.72. The van der Waals surface area contributed by atoms with Crippen molar-refractivity contribution in [3.63, 3.8) is 0 Å². The van der Waals surface area contributed by atoms with Crippen molar-refractivity contribution < 1.29 is 0 Å². The summed E-state index contributed by atoms with van der Waals surface area (Å²) in [6.45, 7) is 2.04. The lowest BCUT2D eigenvalue weighted by atomic mass is 10.3. The maximum atomic E-state index is 5.72. The van der Waals surface area contributed by atoms with Gasteiger partial charge in [-0.05, 0) is 24.4 Å². The number of nitrogens with two attached hydrogens (primary N) is 1. The van der Waals surface area contributed by atoms with Gasteiger partial charge in [0.2, 0.25) is 11.9 Å². The van der Waals surface area contributed by atoms with E-state index in [0.717, 1.165) is 0 Å². The first-order valence-electron chi connectivity index (χ1n) is 6.04. The van der Waals surface area contributed by atoms with E-state index in [1.54, 1.807) is 34.5 Å². The van der Waals surface area contributed by atoms with Crippen LogP contribution in [0.5, 0.6) is 0 Å². The molecule has 7 nitrogen and oxygen atoms in total. The Bertz CT molecular complexity index is 678. The van der Waals surface area contributed by atoms with Gasteiger partial charge in [-0.15, -0.1) is 11.3 Å². The normalized spacial score (nSPS) is 12.2. The monoisotopic (exact) mass is 287 g/mol. The number of hydrogen-bond donors (Lipinski definition) is 2. The van der Waals surface area contributed by atoms with Crippen molar-refractivity contribution in [1.82, 2.24) is 24.7 Å². The minimum atomic E-state index is 0.0993. The van der Waals surface area contributed by atoms with Crippen LogP contribution in [0.25, 0.3) is 5.95 Å². The first kappa shape index (κ1) is 12.5. The summed E-state index contributed by atoms with van der Waals surface area (Å²) in [7, 11) is 0. The Kier molecular flexibility index (Phi) is 3.30. The van der Waals surface area contributed by atoms with Crippen LogP contribution in [0.1, 0.15) is 17.8 Å². The molecule has 8 heteroatoms. The van der Waals surface area contributed by atoms with Crippen molar-refractivity contribution >= 4 is 23.2 Å². The molecule has 1 atom stereocenters. The van der Waals surface area contributed by atoms with Gasteiger partial charge in [0, 0.05) is 17.3 Å². The largest absolute Gasteiger partial charge is 0.368 e. The van der Waals surface area contributed by atoms with Gasteiger partial charge < -0.3 is 11.1 Å². The van der Waals surface area contributed by atoms with Crippen LogP contribution in [0.4, 0.5) is 11.9 Å². The molecule has 3 N–H and O–H groups in total. The smallest absolute Gasteiger partial charge is 0.257 e. The van der Waals surface area contributed by atoms with Gasteiger partial charge in [0.15, 0.2) is 0 Å². The van der Waals surface area contributed by atoms with Crippen LogP contribution in [0.3, 0.4) is 0 Å². The molecule has 0 amide bonds. The second-order valence-electron chi connectivity index (χ2n) is 4.15. The molecule has 1 unspecified atom stereocenters. The highest BCUT2D eigenvalue weighted by molar-refractivity contribution is 7.10. The number of anilines is 2. The summed E-state index contributed by atoms with van der Waals surface area (Å²) in [4.78, 5) is 13.7. The van der Waals surface area contributed by atoms with Gasteiger partial charge in [-0.3, -0.25) is 0 Å². The van der Waals surface area contributed by atoms with Crippen LogP contribution >= 0.6 is 11.3 Å². The van der Waals surface area contributed by atoms with Crippen LogP contribution in [0.15, 0.2) is 36.0 Å². The van der Waals surface area contributed by atoms with Crippen molar-refractivity contribution in [3.05, 3.63) is 40.8 Å². The summed E-state index contributed by atoms with van der Waals surface area (Å²) < 4.78 is 1.54. The SMILES string of the molecule is CC(Nc1nc(N)nc(-n2cccn2)n1)c1cccs1. The summed E-state index contributed by atoms with van der Waals surface area (Å²) in [6, 6.07) is 5.96. The Balaban J connectivity index is 1.87. The molecule has 20 heavy (non-hydrogen) atoms. The van der Waals surface area contributed by atoms with Gasteiger partial charge in [0.05, 0.1) is 6.04 Å². The van der Waals surface area contributed by atoms with Crippen molar-refractivity contribution in [2.75, 3.05) is 11.1 Å². The van der Waals surface area contributed by atoms with E-state index in [0.29, 0.717) is 11.9 Å². The zero-order valence-electron chi connectivity index (χ0n) is 10.8. The molecule has 0 spiro atoms. The molecule has 0 aliphatic heterocycles. The number of nitrogens with zero attached hydrogens (tertiary/aromatic N) is 5. The van der Waals surface area contributed by atoms with Gasteiger partial charge in [-0.1, -0.05) is 6.07 Å². The van der Waals surface area contributed by atoms with Crippen molar-refractivity contribution in [2.24, 2.45) is 0 Å². The third-order valence-electron chi connectivity index (χ3n) is 2.67. The molecular formula is C12H13N7S. The van der Waals surface area contributed by atoms with Crippen molar-refractivity contribution in [2.45, 2.75) is 13.0 Å². The highest BCUT2D eigenvalue weighted by Crippen LogP contribution is 2.21.